The van der Waals surface area contributed by atoms with Gasteiger partial charge >= 0.3 is 0 Å². The number of amides is 2. The van der Waals surface area contributed by atoms with Crippen LogP contribution < -0.4 is 5.32 Å². The number of nitrogens with zero attached hydrogens (tertiary/aromatic N) is 1. The molecule has 2 amide bonds. The molecule has 0 aromatic heterocycles. The van der Waals surface area contributed by atoms with Crippen LogP contribution in [0.15, 0.2) is 24.3 Å². The van der Waals surface area contributed by atoms with Crippen molar-refractivity contribution in [3.8, 4) is 0 Å². The van der Waals surface area contributed by atoms with Crippen LogP contribution in [0.25, 0.3) is 0 Å². The van der Waals surface area contributed by atoms with Crippen molar-refractivity contribution in [2.75, 3.05) is 13.1 Å². The standard InChI is InChI=1S/C20H29FN2O2/c1-20(2,3)14-18(24)22-16-10-12-23(13-11-16)19(25)9-8-15-6-4-5-7-17(15)21/h4-7,16H,8-14H2,1-3H3,(H,22,24). The Labute approximate surface area is 149 Å². The normalized spacial score (nSPS) is 15.9. The van der Waals surface area contributed by atoms with Crippen LogP contribution in [-0.4, -0.2) is 35.8 Å². The number of likely N-dealkylation sites (tertiary alicyclic amines) is 1. The minimum absolute atomic E-state index is 0.0204. The van der Waals surface area contributed by atoms with Gasteiger partial charge in [-0.3, -0.25) is 9.59 Å². The van der Waals surface area contributed by atoms with Gasteiger partial charge in [-0.05, 0) is 36.3 Å². The quantitative estimate of drug-likeness (QED) is 0.887. The summed E-state index contributed by atoms with van der Waals surface area (Å²) in [6, 6.07) is 6.73. The third-order valence-corrected chi connectivity index (χ3v) is 4.47. The lowest BCUT2D eigenvalue weighted by atomic mass is 9.91. The molecule has 1 N–H and O–H groups in total. The summed E-state index contributed by atoms with van der Waals surface area (Å²) < 4.78 is 13.6. The zero-order valence-corrected chi connectivity index (χ0v) is 15.5. The van der Waals surface area contributed by atoms with E-state index in [1.807, 2.05) is 25.7 Å². The summed E-state index contributed by atoms with van der Waals surface area (Å²) in [6.07, 6.45) is 2.81. The van der Waals surface area contributed by atoms with Crippen molar-refractivity contribution in [3.63, 3.8) is 0 Å². The highest BCUT2D eigenvalue weighted by atomic mass is 19.1. The van der Waals surface area contributed by atoms with Gasteiger partial charge in [-0.1, -0.05) is 39.0 Å². The number of halogens is 1. The lowest BCUT2D eigenvalue weighted by Gasteiger charge is -2.33. The number of carbonyl (C=O) groups excluding carboxylic acids is 2. The Bertz CT molecular complexity index is 602. The fourth-order valence-electron chi connectivity index (χ4n) is 3.13. The van der Waals surface area contributed by atoms with Crippen LogP contribution in [0.1, 0.15) is 52.0 Å². The van der Waals surface area contributed by atoms with Gasteiger partial charge in [0, 0.05) is 32.0 Å². The maximum absolute atomic E-state index is 13.6. The van der Waals surface area contributed by atoms with Gasteiger partial charge in [-0.25, -0.2) is 4.39 Å². The topological polar surface area (TPSA) is 49.4 Å². The number of aryl methyl sites for hydroxylation is 1. The van der Waals surface area contributed by atoms with Crippen LogP contribution in [0, 0.1) is 11.2 Å². The Balaban J connectivity index is 1.73. The molecule has 1 aromatic rings. The van der Waals surface area contributed by atoms with Crippen molar-refractivity contribution < 1.29 is 14.0 Å². The van der Waals surface area contributed by atoms with Gasteiger partial charge in [0.2, 0.25) is 11.8 Å². The molecule has 25 heavy (non-hydrogen) atoms. The van der Waals surface area contributed by atoms with E-state index >= 15 is 0 Å². The van der Waals surface area contributed by atoms with Gasteiger partial charge in [-0.2, -0.15) is 0 Å². The smallest absolute Gasteiger partial charge is 0.222 e. The van der Waals surface area contributed by atoms with E-state index in [0.717, 1.165) is 12.8 Å². The van der Waals surface area contributed by atoms with Crippen molar-refractivity contribution in [1.29, 1.82) is 0 Å². The van der Waals surface area contributed by atoms with Gasteiger partial charge in [0.1, 0.15) is 5.82 Å². The van der Waals surface area contributed by atoms with Gasteiger partial charge in [0.15, 0.2) is 0 Å². The molecular weight excluding hydrogens is 319 g/mol. The predicted octanol–water partition coefficient (Wildman–Crippen LogP) is 3.30. The molecule has 2 rings (SSSR count). The van der Waals surface area contributed by atoms with Crippen LogP contribution in [0.5, 0.6) is 0 Å². The monoisotopic (exact) mass is 348 g/mol. The Hall–Kier alpha value is -1.91. The van der Waals surface area contributed by atoms with Crippen LogP contribution in [0.3, 0.4) is 0 Å². The summed E-state index contributed by atoms with van der Waals surface area (Å²) in [5, 5.41) is 3.07. The minimum atomic E-state index is -0.254. The van der Waals surface area contributed by atoms with Crippen molar-refractivity contribution in [2.24, 2.45) is 5.41 Å². The molecule has 0 spiro atoms. The van der Waals surface area contributed by atoms with Crippen LogP contribution in [-0.2, 0) is 16.0 Å². The molecule has 0 unspecified atom stereocenters. The summed E-state index contributed by atoms with van der Waals surface area (Å²) in [5.74, 6) is -0.116. The van der Waals surface area contributed by atoms with Crippen molar-refractivity contribution in [3.05, 3.63) is 35.6 Å². The van der Waals surface area contributed by atoms with E-state index in [1.165, 1.54) is 6.07 Å². The molecule has 138 valence electrons. The summed E-state index contributed by atoms with van der Waals surface area (Å²) in [4.78, 5) is 26.1. The maximum Gasteiger partial charge on any atom is 0.222 e. The maximum atomic E-state index is 13.6. The molecule has 1 aliphatic rings. The van der Waals surface area contributed by atoms with E-state index in [9.17, 15) is 14.0 Å². The molecule has 1 aliphatic heterocycles. The molecule has 1 fully saturated rings. The number of hydrogen-bond acceptors (Lipinski definition) is 2. The first-order valence-electron chi connectivity index (χ1n) is 9.05. The number of piperidine rings is 1. The molecule has 0 radical (unpaired) electrons. The van der Waals surface area contributed by atoms with Gasteiger partial charge in [-0.15, -0.1) is 0 Å². The molecule has 5 heteroatoms. The van der Waals surface area contributed by atoms with Gasteiger partial charge in [0.25, 0.3) is 0 Å². The van der Waals surface area contributed by atoms with E-state index in [-0.39, 0.29) is 29.1 Å². The van der Waals surface area contributed by atoms with E-state index in [4.69, 9.17) is 0 Å². The van der Waals surface area contributed by atoms with Crippen molar-refractivity contribution in [2.45, 2.75) is 58.9 Å². The van der Waals surface area contributed by atoms with E-state index in [2.05, 4.69) is 5.32 Å². The van der Waals surface area contributed by atoms with E-state index < -0.39 is 0 Å². The molecular formula is C20H29FN2O2. The fourth-order valence-corrected chi connectivity index (χ4v) is 3.13. The zero-order valence-electron chi connectivity index (χ0n) is 15.5. The summed E-state index contributed by atoms with van der Waals surface area (Å²) >= 11 is 0. The SMILES string of the molecule is CC(C)(C)CC(=O)NC1CCN(C(=O)CCc2ccccc2F)CC1. The Morgan fingerprint density at radius 3 is 2.44 bits per heavy atom. The van der Waals surface area contributed by atoms with Crippen LogP contribution in [0.2, 0.25) is 0 Å². The molecule has 4 nitrogen and oxygen atoms in total. The third-order valence-electron chi connectivity index (χ3n) is 4.47. The number of hydrogen-bond donors (Lipinski definition) is 1. The highest BCUT2D eigenvalue weighted by molar-refractivity contribution is 5.77. The molecule has 1 aromatic carbocycles. The van der Waals surface area contributed by atoms with Gasteiger partial charge < -0.3 is 10.2 Å². The molecule has 0 aliphatic carbocycles. The summed E-state index contributed by atoms with van der Waals surface area (Å²) in [6.45, 7) is 7.43. The number of nitrogens with one attached hydrogen (secondary N) is 1. The zero-order chi connectivity index (χ0) is 18.4. The second-order valence-electron chi connectivity index (χ2n) is 8.05. The fraction of sp³-hybridized carbons (Fsp3) is 0.600. The van der Waals surface area contributed by atoms with Gasteiger partial charge in [0.05, 0.1) is 0 Å². The molecule has 1 heterocycles. The Morgan fingerprint density at radius 2 is 1.84 bits per heavy atom. The molecule has 0 saturated carbocycles. The summed E-state index contributed by atoms with van der Waals surface area (Å²) in [7, 11) is 0. The number of benzene rings is 1. The number of carbonyl (C=O) groups is 2. The van der Waals surface area contributed by atoms with Crippen LogP contribution >= 0.6 is 0 Å². The minimum Gasteiger partial charge on any atom is -0.353 e. The van der Waals surface area contributed by atoms with Crippen molar-refractivity contribution in [1.82, 2.24) is 10.2 Å². The predicted molar refractivity (Wildman–Crippen MR) is 96.5 cm³/mol. The molecule has 1 saturated heterocycles. The molecule has 0 atom stereocenters. The highest BCUT2D eigenvalue weighted by Gasteiger charge is 2.25. The molecule has 0 bridgehead atoms. The largest absolute Gasteiger partial charge is 0.353 e. The Morgan fingerprint density at radius 1 is 1.20 bits per heavy atom. The lowest BCUT2D eigenvalue weighted by molar-refractivity contribution is -0.132. The van der Waals surface area contributed by atoms with E-state index in [0.29, 0.717) is 37.9 Å². The number of rotatable bonds is 5. The Kier molecular flexibility index (Phi) is 6.57. The summed E-state index contributed by atoms with van der Waals surface area (Å²) in [5.41, 5.74) is 0.563. The van der Waals surface area contributed by atoms with Crippen LogP contribution in [0.4, 0.5) is 4.39 Å². The van der Waals surface area contributed by atoms with E-state index in [1.54, 1.807) is 18.2 Å². The average Bonchev–Trinajstić information content (AvgIpc) is 2.52. The highest BCUT2D eigenvalue weighted by Crippen LogP contribution is 2.19. The third kappa shape index (κ3) is 6.48. The average molecular weight is 348 g/mol. The van der Waals surface area contributed by atoms with Crippen molar-refractivity contribution >= 4 is 11.8 Å². The first-order chi connectivity index (χ1) is 11.7. The first kappa shape index (κ1) is 19.4. The first-order valence-corrected chi connectivity index (χ1v) is 9.05. The lowest BCUT2D eigenvalue weighted by Crippen LogP contribution is -2.47. The second kappa shape index (κ2) is 8.45. The second-order valence-corrected chi connectivity index (χ2v) is 8.05.